The number of methoxy groups -OCH3 is 3. The van der Waals surface area contributed by atoms with Gasteiger partial charge in [-0.3, -0.25) is 4.79 Å². The van der Waals surface area contributed by atoms with E-state index in [1.54, 1.807) is 38.5 Å². The number of thioether (sulfide) groups is 1. The number of hydrogen-bond acceptors (Lipinski definition) is 5. The molecule has 2 aromatic rings. The van der Waals surface area contributed by atoms with Gasteiger partial charge in [-0.15, -0.1) is 11.8 Å². The van der Waals surface area contributed by atoms with Crippen LogP contribution in [0.25, 0.3) is 0 Å². The zero-order valence-electron chi connectivity index (χ0n) is 15.2. The second kappa shape index (κ2) is 9.33. The number of ether oxygens (including phenoxy) is 3. The van der Waals surface area contributed by atoms with E-state index >= 15 is 0 Å². The van der Waals surface area contributed by atoms with E-state index in [4.69, 9.17) is 14.2 Å². The van der Waals surface area contributed by atoms with Crippen LogP contribution in [0.3, 0.4) is 0 Å². The van der Waals surface area contributed by atoms with Crippen LogP contribution in [0.1, 0.15) is 18.5 Å². The Morgan fingerprint density at radius 1 is 1.08 bits per heavy atom. The zero-order chi connectivity index (χ0) is 19.1. The van der Waals surface area contributed by atoms with Gasteiger partial charge in [-0.25, -0.2) is 4.39 Å². The molecule has 2 aromatic carbocycles. The molecule has 0 bridgehead atoms. The summed E-state index contributed by atoms with van der Waals surface area (Å²) in [6.45, 7) is 1.88. The fourth-order valence-corrected chi connectivity index (χ4v) is 3.11. The lowest BCUT2D eigenvalue weighted by atomic mass is 10.1. The van der Waals surface area contributed by atoms with Crippen LogP contribution in [0.5, 0.6) is 17.2 Å². The van der Waals surface area contributed by atoms with Crippen LogP contribution in [-0.4, -0.2) is 33.0 Å². The molecule has 0 fully saturated rings. The lowest BCUT2D eigenvalue weighted by Gasteiger charge is -2.18. The van der Waals surface area contributed by atoms with Crippen LogP contribution < -0.4 is 19.5 Å². The molecule has 0 aliphatic heterocycles. The molecule has 0 aliphatic carbocycles. The summed E-state index contributed by atoms with van der Waals surface area (Å²) in [5.41, 5.74) is 0.833. The molecule has 0 saturated heterocycles. The molecule has 0 spiro atoms. The highest BCUT2D eigenvalue weighted by molar-refractivity contribution is 8.00. The number of amides is 1. The molecule has 0 aliphatic rings. The summed E-state index contributed by atoms with van der Waals surface area (Å²) in [6, 6.07) is 9.41. The molecule has 7 heteroatoms. The van der Waals surface area contributed by atoms with Gasteiger partial charge in [0.1, 0.15) is 5.82 Å². The van der Waals surface area contributed by atoms with Gasteiger partial charge in [0.15, 0.2) is 11.5 Å². The highest BCUT2D eigenvalue weighted by Crippen LogP contribution is 2.39. The normalized spacial score (nSPS) is 11.6. The Hall–Kier alpha value is -2.41. The summed E-state index contributed by atoms with van der Waals surface area (Å²) in [5.74, 6) is 1.38. The molecule has 2 rings (SSSR count). The van der Waals surface area contributed by atoms with Crippen LogP contribution in [0.15, 0.2) is 41.3 Å². The number of rotatable bonds is 8. The van der Waals surface area contributed by atoms with Crippen molar-refractivity contribution < 1.29 is 23.4 Å². The molecule has 1 unspecified atom stereocenters. The molecule has 0 radical (unpaired) electrons. The molecule has 1 N–H and O–H groups in total. The molecule has 1 amide bonds. The highest BCUT2D eigenvalue weighted by atomic mass is 32.2. The number of nitrogens with one attached hydrogen (secondary N) is 1. The molecule has 0 heterocycles. The minimum atomic E-state index is -0.296. The molecule has 26 heavy (non-hydrogen) atoms. The smallest absolute Gasteiger partial charge is 0.230 e. The Bertz CT molecular complexity index is 727. The van der Waals surface area contributed by atoms with E-state index < -0.39 is 0 Å². The van der Waals surface area contributed by atoms with Crippen molar-refractivity contribution >= 4 is 17.7 Å². The van der Waals surface area contributed by atoms with Crippen molar-refractivity contribution in [3.63, 3.8) is 0 Å². The fourth-order valence-electron chi connectivity index (χ4n) is 2.40. The first-order valence-electron chi connectivity index (χ1n) is 7.96. The molecule has 0 saturated carbocycles. The first-order valence-corrected chi connectivity index (χ1v) is 8.94. The standard InChI is InChI=1S/C19H22FNO4S/c1-12(13-9-16(23-2)19(25-4)17(10-13)24-3)21-18(22)11-26-15-7-5-14(20)6-8-15/h5-10,12H,11H2,1-4H3,(H,21,22). The Labute approximate surface area is 156 Å². The van der Waals surface area contributed by atoms with Gasteiger partial charge in [0.2, 0.25) is 11.7 Å². The summed E-state index contributed by atoms with van der Waals surface area (Å²) in [5, 5.41) is 2.93. The van der Waals surface area contributed by atoms with Gasteiger partial charge in [0.25, 0.3) is 0 Å². The molecular formula is C19H22FNO4S. The maximum atomic E-state index is 12.9. The van der Waals surface area contributed by atoms with Gasteiger partial charge in [0.05, 0.1) is 33.1 Å². The molecule has 5 nitrogen and oxygen atoms in total. The highest BCUT2D eigenvalue weighted by Gasteiger charge is 2.17. The largest absolute Gasteiger partial charge is 0.493 e. The van der Waals surface area contributed by atoms with E-state index in [9.17, 15) is 9.18 Å². The number of hydrogen-bond donors (Lipinski definition) is 1. The Balaban J connectivity index is 2.03. The summed E-state index contributed by atoms with van der Waals surface area (Å²) in [4.78, 5) is 13.0. The van der Waals surface area contributed by atoms with Crippen molar-refractivity contribution in [3.8, 4) is 17.2 Å². The third-order valence-corrected chi connectivity index (χ3v) is 4.76. The predicted molar refractivity (Wildman–Crippen MR) is 99.8 cm³/mol. The number of carbonyl (C=O) groups is 1. The zero-order valence-corrected chi connectivity index (χ0v) is 16.0. The van der Waals surface area contributed by atoms with Crippen molar-refractivity contribution in [1.29, 1.82) is 0 Å². The molecule has 0 aromatic heterocycles. The number of halogens is 1. The molecular weight excluding hydrogens is 357 g/mol. The van der Waals surface area contributed by atoms with Gasteiger partial charge in [0, 0.05) is 4.90 Å². The Morgan fingerprint density at radius 3 is 2.15 bits per heavy atom. The van der Waals surface area contributed by atoms with Crippen LogP contribution in [0, 0.1) is 5.82 Å². The van der Waals surface area contributed by atoms with Crippen LogP contribution in [-0.2, 0) is 4.79 Å². The molecule has 140 valence electrons. The summed E-state index contributed by atoms with van der Waals surface area (Å²) in [6.07, 6.45) is 0. The minimum Gasteiger partial charge on any atom is -0.493 e. The average molecular weight is 379 g/mol. The maximum absolute atomic E-state index is 12.9. The monoisotopic (exact) mass is 379 g/mol. The van der Waals surface area contributed by atoms with Gasteiger partial charge >= 0.3 is 0 Å². The quantitative estimate of drug-likeness (QED) is 0.707. The summed E-state index contributed by atoms with van der Waals surface area (Å²) in [7, 11) is 4.63. The SMILES string of the molecule is COc1cc(C(C)NC(=O)CSc2ccc(F)cc2)cc(OC)c1OC. The van der Waals surface area contributed by atoms with Gasteiger partial charge in [-0.05, 0) is 48.9 Å². The van der Waals surface area contributed by atoms with E-state index in [0.29, 0.717) is 17.2 Å². The Kier molecular flexibility index (Phi) is 7.15. The second-order valence-corrected chi connectivity index (χ2v) is 6.54. The topological polar surface area (TPSA) is 56.8 Å². The van der Waals surface area contributed by atoms with Crippen LogP contribution >= 0.6 is 11.8 Å². The summed E-state index contributed by atoms with van der Waals surface area (Å²) < 4.78 is 28.9. The second-order valence-electron chi connectivity index (χ2n) is 5.49. The van der Waals surface area contributed by atoms with E-state index in [2.05, 4.69) is 5.32 Å². The van der Waals surface area contributed by atoms with Crippen LogP contribution in [0.4, 0.5) is 4.39 Å². The van der Waals surface area contributed by atoms with Crippen molar-refractivity contribution in [2.24, 2.45) is 0 Å². The van der Waals surface area contributed by atoms with E-state index in [1.807, 2.05) is 6.92 Å². The Morgan fingerprint density at radius 2 is 1.65 bits per heavy atom. The predicted octanol–water partition coefficient (Wildman–Crippen LogP) is 3.82. The third-order valence-electron chi connectivity index (χ3n) is 3.75. The van der Waals surface area contributed by atoms with Gasteiger partial charge in [-0.1, -0.05) is 0 Å². The third kappa shape index (κ3) is 5.05. The van der Waals surface area contributed by atoms with Crippen molar-refractivity contribution in [3.05, 3.63) is 47.8 Å². The van der Waals surface area contributed by atoms with Crippen LogP contribution in [0.2, 0.25) is 0 Å². The first-order chi connectivity index (χ1) is 12.5. The van der Waals surface area contributed by atoms with E-state index in [0.717, 1.165) is 10.5 Å². The number of benzene rings is 2. The van der Waals surface area contributed by atoms with E-state index in [1.165, 1.54) is 31.0 Å². The number of carbonyl (C=O) groups excluding carboxylic acids is 1. The van der Waals surface area contributed by atoms with Gasteiger partial charge < -0.3 is 19.5 Å². The van der Waals surface area contributed by atoms with Crippen molar-refractivity contribution in [2.45, 2.75) is 17.9 Å². The fraction of sp³-hybridized carbons (Fsp3) is 0.316. The minimum absolute atomic E-state index is 0.124. The summed E-state index contributed by atoms with van der Waals surface area (Å²) >= 11 is 1.35. The van der Waals surface area contributed by atoms with E-state index in [-0.39, 0.29) is 23.5 Å². The lowest BCUT2D eigenvalue weighted by Crippen LogP contribution is -2.28. The van der Waals surface area contributed by atoms with Crippen molar-refractivity contribution in [1.82, 2.24) is 5.32 Å². The lowest BCUT2D eigenvalue weighted by molar-refractivity contribution is -0.119. The molecule has 1 atom stereocenters. The van der Waals surface area contributed by atoms with Gasteiger partial charge in [-0.2, -0.15) is 0 Å². The maximum Gasteiger partial charge on any atom is 0.230 e. The average Bonchev–Trinajstić information content (AvgIpc) is 2.66. The first kappa shape index (κ1) is 19.9. The van der Waals surface area contributed by atoms with Crippen molar-refractivity contribution in [2.75, 3.05) is 27.1 Å².